The van der Waals surface area contributed by atoms with Crippen molar-refractivity contribution in [2.75, 3.05) is 0 Å². The predicted octanol–water partition coefficient (Wildman–Crippen LogP) is 5.91. The van der Waals surface area contributed by atoms with E-state index in [1.165, 1.54) is 6.20 Å². The van der Waals surface area contributed by atoms with E-state index in [0.29, 0.717) is 27.6 Å². The van der Waals surface area contributed by atoms with E-state index in [9.17, 15) is 14.7 Å². The van der Waals surface area contributed by atoms with Crippen molar-refractivity contribution in [2.45, 2.75) is 26.4 Å². The average molecular weight is 477 g/mol. The van der Waals surface area contributed by atoms with Gasteiger partial charge in [-0.15, -0.1) is 0 Å². The quantitative estimate of drug-likeness (QED) is 0.331. The Kier molecular flexibility index (Phi) is 6.75. The molecule has 0 radical (unpaired) electrons. The molecule has 172 valence electrons. The SMILES string of the molecule is Cc1noc(-c2ccc(-c3cncc(C(=O)O)c3)cc2)c1CC(=O)OC(C)c1ccccc1Cl. The van der Waals surface area contributed by atoms with Gasteiger partial charge in [0.1, 0.15) is 6.10 Å². The zero-order valence-electron chi connectivity index (χ0n) is 18.5. The molecule has 0 amide bonds. The number of aryl methyl sites for hydroxylation is 1. The van der Waals surface area contributed by atoms with Gasteiger partial charge in [0, 0.05) is 39.7 Å². The van der Waals surface area contributed by atoms with E-state index in [1.807, 2.05) is 42.5 Å². The van der Waals surface area contributed by atoms with Crippen LogP contribution in [0, 0.1) is 6.92 Å². The van der Waals surface area contributed by atoms with Crippen molar-refractivity contribution in [1.29, 1.82) is 0 Å². The van der Waals surface area contributed by atoms with Crippen molar-refractivity contribution in [3.8, 4) is 22.5 Å². The Morgan fingerprint density at radius 3 is 2.47 bits per heavy atom. The molecular formula is C26H21ClN2O5. The molecule has 0 aliphatic carbocycles. The minimum Gasteiger partial charge on any atom is -0.478 e. The lowest BCUT2D eigenvalue weighted by Crippen LogP contribution is -2.12. The van der Waals surface area contributed by atoms with Crippen LogP contribution < -0.4 is 0 Å². The van der Waals surface area contributed by atoms with E-state index in [0.717, 1.165) is 16.7 Å². The molecule has 1 unspecified atom stereocenters. The molecule has 0 aliphatic rings. The molecule has 7 nitrogen and oxygen atoms in total. The molecule has 0 aliphatic heterocycles. The van der Waals surface area contributed by atoms with Crippen LogP contribution in [0.1, 0.15) is 40.2 Å². The van der Waals surface area contributed by atoms with Crippen molar-refractivity contribution >= 4 is 23.5 Å². The van der Waals surface area contributed by atoms with Crippen molar-refractivity contribution in [3.05, 3.63) is 94.4 Å². The second-order valence-electron chi connectivity index (χ2n) is 7.75. The van der Waals surface area contributed by atoms with Gasteiger partial charge >= 0.3 is 11.9 Å². The molecule has 0 fully saturated rings. The van der Waals surface area contributed by atoms with Gasteiger partial charge < -0.3 is 14.4 Å². The minimum absolute atomic E-state index is 0.00815. The Bertz CT molecular complexity index is 1350. The van der Waals surface area contributed by atoms with Crippen LogP contribution in [0.2, 0.25) is 5.02 Å². The molecule has 4 rings (SSSR count). The zero-order chi connectivity index (χ0) is 24.2. The highest BCUT2D eigenvalue weighted by molar-refractivity contribution is 6.31. The maximum atomic E-state index is 12.7. The molecule has 0 bridgehead atoms. The number of carboxylic acids is 1. The van der Waals surface area contributed by atoms with Gasteiger partial charge in [-0.1, -0.05) is 59.2 Å². The highest BCUT2D eigenvalue weighted by atomic mass is 35.5. The highest BCUT2D eigenvalue weighted by Gasteiger charge is 2.21. The van der Waals surface area contributed by atoms with Gasteiger partial charge in [0.25, 0.3) is 0 Å². The van der Waals surface area contributed by atoms with Crippen LogP contribution >= 0.6 is 11.6 Å². The van der Waals surface area contributed by atoms with Gasteiger partial charge in [0.2, 0.25) is 0 Å². The summed E-state index contributed by atoms with van der Waals surface area (Å²) in [6.45, 7) is 3.54. The average Bonchev–Trinajstić information content (AvgIpc) is 3.19. The first-order valence-electron chi connectivity index (χ1n) is 10.5. The Morgan fingerprint density at radius 2 is 1.76 bits per heavy atom. The fourth-order valence-electron chi connectivity index (χ4n) is 3.60. The third-order valence-corrected chi connectivity index (χ3v) is 5.77. The number of esters is 1. The van der Waals surface area contributed by atoms with Crippen LogP contribution in [0.5, 0.6) is 0 Å². The van der Waals surface area contributed by atoms with Gasteiger partial charge in [-0.25, -0.2) is 4.79 Å². The number of nitrogens with zero attached hydrogens (tertiary/aromatic N) is 2. The number of rotatable bonds is 7. The summed E-state index contributed by atoms with van der Waals surface area (Å²) in [5.41, 5.74) is 4.28. The number of halogens is 1. The molecule has 8 heteroatoms. The number of pyridine rings is 1. The van der Waals surface area contributed by atoms with E-state index in [4.69, 9.17) is 20.9 Å². The van der Waals surface area contributed by atoms with Crippen LogP contribution in [-0.4, -0.2) is 27.2 Å². The lowest BCUT2D eigenvalue weighted by atomic mass is 10.0. The normalized spacial score (nSPS) is 11.7. The molecule has 1 atom stereocenters. The predicted molar refractivity (Wildman–Crippen MR) is 127 cm³/mol. The van der Waals surface area contributed by atoms with Crippen molar-refractivity contribution in [3.63, 3.8) is 0 Å². The molecule has 4 aromatic rings. The summed E-state index contributed by atoms with van der Waals surface area (Å²) < 4.78 is 11.1. The van der Waals surface area contributed by atoms with E-state index in [2.05, 4.69) is 10.1 Å². The fraction of sp³-hybridized carbons (Fsp3) is 0.154. The molecule has 2 aromatic heterocycles. The highest BCUT2D eigenvalue weighted by Crippen LogP contribution is 2.31. The summed E-state index contributed by atoms with van der Waals surface area (Å²) in [5, 5.41) is 13.7. The minimum atomic E-state index is -1.04. The van der Waals surface area contributed by atoms with Gasteiger partial charge in [-0.2, -0.15) is 0 Å². The topological polar surface area (TPSA) is 103 Å². The Balaban J connectivity index is 1.52. The van der Waals surface area contributed by atoms with Crippen LogP contribution in [-0.2, 0) is 16.0 Å². The number of hydrogen-bond acceptors (Lipinski definition) is 6. The number of carbonyl (C=O) groups is 2. The second kappa shape index (κ2) is 9.89. The Labute approximate surface area is 201 Å². The Hall–Kier alpha value is -3.97. The van der Waals surface area contributed by atoms with E-state index in [1.54, 1.807) is 32.2 Å². The monoisotopic (exact) mass is 476 g/mol. The second-order valence-corrected chi connectivity index (χ2v) is 8.16. The number of carboxylic acid groups (broad SMARTS) is 1. The van der Waals surface area contributed by atoms with Crippen molar-refractivity contribution in [1.82, 2.24) is 10.1 Å². The third kappa shape index (κ3) is 5.00. The summed E-state index contributed by atoms with van der Waals surface area (Å²) in [6.07, 6.45) is 2.39. The molecule has 2 heterocycles. The molecule has 0 saturated heterocycles. The molecule has 0 saturated carbocycles. The summed E-state index contributed by atoms with van der Waals surface area (Å²) in [5.74, 6) is -0.986. The van der Waals surface area contributed by atoms with Crippen molar-refractivity contribution in [2.24, 2.45) is 0 Å². The number of benzene rings is 2. The number of aromatic nitrogens is 2. The molecule has 0 spiro atoms. The third-order valence-electron chi connectivity index (χ3n) is 5.42. The maximum Gasteiger partial charge on any atom is 0.337 e. The Morgan fingerprint density at radius 1 is 1.06 bits per heavy atom. The summed E-state index contributed by atoms with van der Waals surface area (Å²) >= 11 is 6.21. The smallest absolute Gasteiger partial charge is 0.337 e. The van der Waals surface area contributed by atoms with Crippen LogP contribution in [0.15, 0.2) is 71.5 Å². The fourth-order valence-corrected chi connectivity index (χ4v) is 3.89. The molecule has 34 heavy (non-hydrogen) atoms. The lowest BCUT2D eigenvalue weighted by Gasteiger charge is -2.15. The van der Waals surface area contributed by atoms with Crippen molar-refractivity contribution < 1.29 is 24.0 Å². The number of carbonyl (C=O) groups excluding carboxylic acids is 1. The van der Waals surface area contributed by atoms with Gasteiger partial charge in [-0.3, -0.25) is 9.78 Å². The summed E-state index contributed by atoms with van der Waals surface area (Å²) in [6, 6.07) is 16.1. The van der Waals surface area contributed by atoms with E-state index in [-0.39, 0.29) is 12.0 Å². The maximum absolute atomic E-state index is 12.7. The number of hydrogen-bond donors (Lipinski definition) is 1. The lowest BCUT2D eigenvalue weighted by molar-refractivity contribution is -0.147. The summed E-state index contributed by atoms with van der Waals surface area (Å²) in [7, 11) is 0. The van der Waals surface area contributed by atoms with Gasteiger partial charge in [0.15, 0.2) is 5.76 Å². The number of aromatic carboxylic acids is 1. The zero-order valence-corrected chi connectivity index (χ0v) is 19.2. The van der Waals surface area contributed by atoms with E-state index >= 15 is 0 Å². The van der Waals surface area contributed by atoms with E-state index < -0.39 is 18.0 Å². The van der Waals surface area contributed by atoms with Crippen LogP contribution in [0.4, 0.5) is 0 Å². The summed E-state index contributed by atoms with van der Waals surface area (Å²) in [4.78, 5) is 27.9. The molecule has 2 aromatic carbocycles. The standard InChI is InChI=1S/C26H21ClN2O5/c1-15-22(12-24(30)33-16(2)21-5-3-4-6-23(21)27)25(34-29-15)18-9-7-17(8-10-18)19-11-20(26(31)32)14-28-13-19/h3-11,13-14,16H,12H2,1-2H3,(H,31,32). The van der Waals surface area contributed by atoms with Gasteiger partial charge in [-0.05, 0) is 31.5 Å². The number of ether oxygens (including phenoxy) is 1. The molecule has 1 N–H and O–H groups in total. The first kappa shape index (κ1) is 23.2. The first-order chi connectivity index (χ1) is 16.3. The largest absolute Gasteiger partial charge is 0.478 e. The van der Waals surface area contributed by atoms with Crippen LogP contribution in [0.3, 0.4) is 0 Å². The van der Waals surface area contributed by atoms with Gasteiger partial charge in [0.05, 0.1) is 17.7 Å². The first-order valence-corrected chi connectivity index (χ1v) is 10.9. The molecular weight excluding hydrogens is 456 g/mol. The van der Waals surface area contributed by atoms with Crippen LogP contribution in [0.25, 0.3) is 22.5 Å².